The predicted molar refractivity (Wildman–Crippen MR) is 69.2 cm³/mol. The van der Waals surface area contributed by atoms with Crippen LogP contribution in [-0.4, -0.2) is 16.1 Å². The van der Waals surface area contributed by atoms with E-state index >= 15 is 0 Å². The molecule has 1 aliphatic carbocycles. The van der Waals surface area contributed by atoms with Crippen molar-refractivity contribution in [2.45, 2.75) is 51.4 Å². The van der Waals surface area contributed by atoms with Crippen LogP contribution in [0, 0.1) is 5.92 Å². The predicted octanol–water partition coefficient (Wildman–Crippen LogP) is 3.83. The normalized spacial score (nSPS) is 17.1. The van der Waals surface area contributed by atoms with E-state index in [1.54, 1.807) is 11.3 Å². The summed E-state index contributed by atoms with van der Waals surface area (Å²) in [6.07, 6.45) is 10.2. The molecule has 0 spiro atoms. The number of nitrogens with zero attached hydrogens (tertiary/aromatic N) is 2. The lowest BCUT2D eigenvalue weighted by molar-refractivity contribution is 0.502. The molecule has 0 aromatic carbocycles. The fourth-order valence-electron chi connectivity index (χ4n) is 2.34. The molecule has 0 amide bonds. The molecule has 1 fully saturated rings. The van der Waals surface area contributed by atoms with Crippen LogP contribution >= 0.6 is 22.9 Å². The highest BCUT2D eigenvalue weighted by Gasteiger charge is 2.15. The van der Waals surface area contributed by atoms with Crippen LogP contribution in [0.2, 0.25) is 0 Å². The number of rotatable bonds is 6. The molecule has 4 heteroatoms. The largest absolute Gasteiger partial charge is 0.144 e. The van der Waals surface area contributed by atoms with Crippen molar-refractivity contribution >= 4 is 22.9 Å². The summed E-state index contributed by atoms with van der Waals surface area (Å²) < 4.78 is 0. The summed E-state index contributed by atoms with van der Waals surface area (Å²) in [5.74, 6) is 1.67. The average molecular weight is 259 g/mol. The number of hydrogen-bond donors (Lipinski definition) is 0. The standard InChI is InChI=1S/C12H19ClN2S/c13-9-3-6-11-14-15-12(16-11)8-7-10-4-1-2-5-10/h10H,1-9H2. The van der Waals surface area contributed by atoms with E-state index in [9.17, 15) is 0 Å². The SMILES string of the molecule is ClCCCc1nnc(CCC2CCCC2)s1. The van der Waals surface area contributed by atoms with E-state index in [0.717, 1.165) is 36.1 Å². The smallest absolute Gasteiger partial charge is 0.117 e. The Labute approximate surface area is 106 Å². The van der Waals surface area contributed by atoms with Crippen molar-refractivity contribution in [2.75, 3.05) is 5.88 Å². The summed E-state index contributed by atoms with van der Waals surface area (Å²) in [6, 6.07) is 0. The van der Waals surface area contributed by atoms with E-state index in [2.05, 4.69) is 10.2 Å². The molecule has 2 rings (SSSR count). The van der Waals surface area contributed by atoms with Crippen molar-refractivity contribution in [2.24, 2.45) is 5.92 Å². The van der Waals surface area contributed by atoms with Gasteiger partial charge in [0, 0.05) is 18.7 Å². The number of hydrogen-bond acceptors (Lipinski definition) is 3. The summed E-state index contributed by atoms with van der Waals surface area (Å²) >= 11 is 7.44. The molecular formula is C12H19ClN2S. The molecule has 0 radical (unpaired) electrons. The summed E-state index contributed by atoms with van der Waals surface area (Å²) in [7, 11) is 0. The van der Waals surface area contributed by atoms with Crippen molar-refractivity contribution in [1.29, 1.82) is 0 Å². The fraction of sp³-hybridized carbons (Fsp3) is 0.833. The molecule has 0 bridgehead atoms. The molecular weight excluding hydrogens is 240 g/mol. The molecule has 1 aliphatic rings. The lowest BCUT2D eigenvalue weighted by atomic mass is 10.0. The fourth-order valence-corrected chi connectivity index (χ4v) is 3.37. The highest BCUT2D eigenvalue weighted by molar-refractivity contribution is 7.11. The van der Waals surface area contributed by atoms with Gasteiger partial charge >= 0.3 is 0 Å². The lowest BCUT2D eigenvalue weighted by Crippen LogP contribution is -1.95. The molecule has 1 heterocycles. The number of alkyl halides is 1. The summed E-state index contributed by atoms with van der Waals surface area (Å²) in [4.78, 5) is 0. The van der Waals surface area contributed by atoms with Gasteiger partial charge in [-0.15, -0.1) is 33.1 Å². The molecule has 0 saturated heterocycles. The van der Waals surface area contributed by atoms with Crippen LogP contribution in [0.25, 0.3) is 0 Å². The number of aromatic nitrogens is 2. The Balaban J connectivity index is 1.73. The zero-order chi connectivity index (χ0) is 11.2. The van der Waals surface area contributed by atoms with Gasteiger partial charge in [0.05, 0.1) is 0 Å². The van der Waals surface area contributed by atoms with Gasteiger partial charge in [0.2, 0.25) is 0 Å². The third kappa shape index (κ3) is 3.70. The molecule has 0 unspecified atom stereocenters. The molecule has 1 saturated carbocycles. The molecule has 2 nitrogen and oxygen atoms in total. The van der Waals surface area contributed by atoms with Crippen LogP contribution in [0.1, 0.15) is 48.5 Å². The molecule has 90 valence electrons. The molecule has 0 aliphatic heterocycles. The maximum atomic E-state index is 5.66. The Morgan fingerprint density at radius 1 is 1.12 bits per heavy atom. The lowest BCUT2D eigenvalue weighted by Gasteiger charge is -2.05. The van der Waals surface area contributed by atoms with Crippen molar-refractivity contribution in [1.82, 2.24) is 10.2 Å². The Morgan fingerprint density at radius 2 is 1.81 bits per heavy atom. The van der Waals surface area contributed by atoms with E-state index in [0.29, 0.717) is 0 Å². The van der Waals surface area contributed by atoms with E-state index in [-0.39, 0.29) is 0 Å². The zero-order valence-electron chi connectivity index (χ0n) is 9.62. The second-order valence-corrected chi connectivity index (χ2v) is 6.10. The number of aryl methyl sites for hydroxylation is 2. The second-order valence-electron chi connectivity index (χ2n) is 4.57. The van der Waals surface area contributed by atoms with Crippen LogP contribution in [-0.2, 0) is 12.8 Å². The quantitative estimate of drug-likeness (QED) is 0.725. The Morgan fingerprint density at radius 3 is 2.50 bits per heavy atom. The van der Waals surface area contributed by atoms with Crippen LogP contribution in [0.15, 0.2) is 0 Å². The van der Waals surface area contributed by atoms with E-state index < -0.39 is 0 Å². The Hall–Kier alpha value is -0.150. The van der Waals surface area contributed by atoms with Crippen molar-refractivity contribution < 1.29 is 0 Å². The highest BCUT2D eigenvalue weighted by atomic mass is 35.5. The summed E-state index contributed by atoms with van der Waals surface area (Å²) in [5.41, 5.74) is 0. The highest BCUT2D eigenvalue weighted by Crippen LogP contribution is 2.29. The molecule has 1 aromatic heterocycles. The average Bonchev–Trinajstić information content (AvgIpc) is 2.95. The summed E-state index contributed by atoms with van der Waals surface area (Å²) in [5, 5.41) is 10.8. The number of halogens is 1. The first-order chi connectivity index (χ1) is 7.88. The van der Waals surface area contributed by atoms with Gasteiger partial charge in [-0.25, -0.2) is 0 Å². The van der Waals surface area contributed by atoms with Gasteiger partial charge in [-0.2, -0.15) is 0 Å². The van der Waals surface area contributed by atoms with Gasteiger partial charge in [0.25, 0.3) is 0 Å². The van der Waals surface area contributed by atoms with Crippen LogP contribution in [0.4, 0.5) is 0 Å². The van der Waals surface area contributed by atoms with Crippen molar-refractivity contribution in [3.8, 4) is 0 Å². The molecule has 0 atom stereocenters. The maximum absolute atomic E-state index is 5.66. The Bertz CT molecular complexity index is 308. The minimum absolute atomic E-state index is 0.719. The van der Waals surface area contributed by atoms with Crippen LogP contribution in [0.3, 0.4) is 0 Å². The first-order valence-corrected chi connectivity index (χ1v) is 7.61. The van der Waals surface area contributed by atoms with Gasteiger partial charge < -0.3 is 0 Å². The minimum atomic E-state index is 0.719. The van der Waals surface area contributed by atoms with E-state index in [1.807, 2.05) is 0 Å². The second kappa shape index (κ2) is 6.55. The first kappa shape index (κ1) is 12.3. The summed E-state index contributed by atoms with van der Waals surface area (Å²) in [6.45, 7) is 0. The van der Waals surface area contributed by atoms with Crippen LogP contribution < -0.4 is 0 Å². The van der Waals surface area contributed by atoms with Gasteiger partial charge in [-0.1, -0.05) is 25.7 Å². The third-order valence-corrected chi connectivity index (χ3v) is 4.58. The molecule has 0 N–H and O–H groups in total. The van der Waals surface area contributed by atoms with Gasteiger partial charge in [0.1, 0.15) is 10.0 Å². The maximum Gasteiger partial charge on any atom is 0.117 e. The van der Waals surface area contributed by atoms with Crippen molar-refractivity contribution in [3.05, 3.63) is 10.0 Å². The molecule has 1 aromatic rings. The third-order valence-electron chi connectivity index (χ3n) is 3.27. The topological polar surface area (TPSA) is 25.8 Å². The van der Waals surface area contributed by atoms with Crippen molar-refractivity contribution in [3.63, 3.8) is 0 Å². The Kier molecular flexibility index (Phi) is 5.04. The van der Waals surface area contributed by atoms with E-state index in [1.165, 1.54) is 37.1 Å². The van der Waals surface area contributed by atoms with Gasteiger partial charge in [-0.3, -0.25) is 0 Å². The monoisotopic (exact) mass is 258 g/mol. The van der Waals surface area contributed by atoms with Gasteiger partial charge in [-0.05, 0) is 18.8 Å². The minimum Gasteiger partial charge on any atom is -0.144 e. The van der Waals surface area contributed by atoms with E-state index in [4.69, 9.17) is 11.6 Å². The van der Waals surface area contributed by atoms with Crippen LogP contribution in [0.5, 0.6) is 0 Å². The zero-order valence-corrected chi connectivity index (χ0v) is 11.2. The van der Waals surface area contributed by atoms with Gasteiger partial charge in [0.15, 0.2) is 0 Å². The molecule has 16 heavy (non-hydrogen) atoms. The first-order valence-electron chi connectivity index (χ1n) is 6.25.